The van der Waals surface area contributed by atoms with E-state index in [9.17, 15) is 9.70 Å². The van der Waals surface area contributed by atoms with Gasteiger partial charge in [-0.3, -0.25) is 0 Å². The molecule has 0 saturated heterocycles. The molecule has 0 aliphatic carbocycles. The molecule has 0 bridgehead atoms. The average Bonchev–Trinajstić information content (AvgIpc) is 2.15. The Morgan fingerprint density at radius 3 is 2.00 bits per heavy atom. The van der Waals surface area contributed by atoms with Gasteiger partial charge in [-0.2, -0.15) is 0 Å². The molecule has 0 amide bonds. The van der Waals surface area contributed by atoms with Gasteiger partial charge in [0.2, 0.25) is 0 Å². The van der Waals surface area contributed by atoms with E-state index in [1.807, 2.05) is 19.6 Å². The predicted octanol–water partition coefficient (Wildman–Crippen LogP) is 3.14. The lowest BCUT2D eigenvalue weighted by Gasteiger charge is -2.13. The van der Waals surface area contributed by atoms with Gasteiger partial charge in [0.05, 0.1) is 0 Å². The molecule has 0 aliphatic heterocycles. The van der Waals surface area contributed by atoms with E-state index in [0.717, 1.165) is 0 Å². The van der Waals surface area contributed by atoms with Crippen LogP contribution in [-0.4, -0.2) is 13.5 Å². The van der Waals surface area contributed by atoms with Crippen LogP contribution in [0.4, 0.5) is 5.69 Å². The second-order valence-electron chi connectivity index (χ2n) is 4.22. The molecule has 3 nitrogen and oxygen atoms in total. The molecule has 1 rings (SSSR count). The minimum Gasteiger partial charge on any atom is -0.300 e. The Hall–Kier alpha value is -1.29. The van der Waals surface area contributed by atoms with Gasteiger partial charge in [0, 0.05) is 5.56 Å². The van der Waals surface area contributed by atoms with E-state index >= 15 is 0 Å². The molecule has 0 N–H and O–H groups in total. The minimum absolute atomic E-state index is 0.204. The molecule has 74 valence electrons. The fourth-order valence-electron chi connectivity index (χ4n) is 1.11. The number of hydrogen-bond donors (Lipinski definition) is 0. The summed E-state index contributed by atoms with van der Waals surface area (Å²) in [6.45, 7) is 6.00. The lowest BCUT2D eigenvalue weighted by molar-refractivity contribution is 0.106. The van der Waals surface area contributed by atoms with Gasteiger partial charge in [0.15, 0.2) is 0 Å². The summed E-state index contributed by atoms with van der Waals surface area (Å²) in [6.07, 6.45) is 0. The summed E-state index contributed by atoms with van der Waals surface area (Å²) in [5, 5.41) is 2.99. The zero-order valence-corrected chi connectivity index (χ0v) is 9.57. The van der Waals surface area contributed by atoms with Crippen LogP contribution in [0.3, 0.4) is 0 Å². The fraction of sp³-hybridized carbons (Fsp3) is 0.300. The molecule has 0 aromatic heterocycles. The lowest BCUT2D eigenvalue weighted by Crippen LogP contribution is -2.33. The maximum absolute atomic E-state index is 11.8. The molecule has 0 aliphatic rings. The molecule has 0 fully saturated rings. The topological polar surface area (TPSA) is 46.5 Å². The van der Waals surface area contributed by atoms with E-state index in [-0.39, 0.29) is 5.41 Å². The normalized spacial score (nSPS) is 11.1. The first-order chi connectivity index (χ1) is 6.45. The first-order valence-electron chi connectivity index (χ1n) is 4.43. The molecule has 1 aromatic rings. The highest BCUT2D eigenvalue weighted by atomic mass is 28.3. The van der Waals surface area contributed by atoms with E-state index < -0.39 is 8.07 Å². The summed E-state index contributed by atoms with van der Waals surface area (Å²) in [7, 11) is -1.78. The van der Waals surface area contributed by atoms with Crippen molar-refractivity contribution in [1.82, 2.24) is 0 Å². The van der Waals surface area contributed by atoms with Crippen molar-refractivity contribution in [3.63, 3.8) is 0 Å². The molecule has 0 spiro atoms. The second kappa shape index (κ2) is 3.83. The van der Waals surface area contributed by atoms with Gasteiger partial charge in [-0.15, -0.1) is 4.91 Å². The number of hydrogen-bond acceptors (Lipinski definition) is 3. The molecular weight excluding hydrogens is 194 g/mol. The highest BCUT2D eigenvalue weighted by Gasteiger charge is 2.25. The summed E-state index contributed by atoms with van der Waals surface area (Å²) >= 11 is 0. The largest absolute Gasteiger partial charge is 0.300 e. The third kappa shape index (κ3) is 2.35. The fourth-order valence-corrected chi connectivity index (χ4v) is 2.14. The van der Waals surface area contributed by atoms with E-state index in [4.69, 9.17) is 0 Å². The van der Waals surface area contributed by atoms with Gasteiger partial charge >= 0.3 is 0 Å². The van der Waals surface area contributed by atoms with Crippen molar-refractivity contribution in [2.45, 2.75) is 19.6 Å². The van der Waals surface area contributed by atoms with Gasteiger partial charge in [0.1, 0.15) is 19.2 Å². The summed E-state index contributed by atoms with van der Waals surface area (Å²) in [5.74, 6) is 0. The second-order valence-corrected chi connectivity index (χ2v) is 9.17. The standard InChI is InChI=1S/C10H13NO2Si/c1-14(2,3)10(12)8-4-6-9(11-13)7-5-8/h4-7H,1-3H3. The molecule has 14 heavy (non-hydrogen) atoms. The molecule has 0 atom stereocenters. The molecule has 0 heterocycles. The van der Waals surface area contributed by atoms with Crippen LogP contribution >= 0.6 is 0 Å². The van der Waals surface area contributed by atoms with Crippen LogP contribution in [0.15, 0.2) is 29.4 Å². The van der Waals surface area contributed by atoms with Gasteiger partial charge in [-0.25, -0.2) is 0 Å². The average molecular weight is 207 g/mol. The molecule has 0 unspecified atom stereocenters. The van der Waals surface area contributed by atoms with Crippen LogP contribution in [0.1, 0.15) is 10.4 Å². The van der Waals surface area contributed by atoms with E-state index in [1.165, 1.54) is 0 Å². The van der Waals surface area contributed by atoms with Crippen molar-refractivity contribution < 1.29 is 4.79 Å². The Labute approximate surface area is 84.1 Å². The molecule has 0 radical (unpaired) electrons. The monoisotopic (exact) mass is 207 g/mol. The van der Waals surface area contributed by atoms with Crippen molar-refractivity contribution in [3.8, 4) is 0 Å². The Bertz CT molecular complexity index is 351. The van der Waals surface area contributed by atoms with E-state index in [0.29, 0.717) is 11.3 Å². The zero-order chi connectivity index (χ0) is 10.8. The first kappa shape index (κ1) is 10.8. The summed E-state index contributed by atoms with van der Waals surface area (Å²) in [4.78, 5) is 22.0. The quantitative estimate of drug-likeness (QED) is 0.564. The van der Waals surface area contributed by atoms with Crippen LogP contribution in [0.25, 0.3) is 0 Å². The minimum atomic E-state index is -1.78. The SMILES string of the molecule is C[Si](C)(C)C(=O)c1ccc(N=O)cc1. The number of carbonyl (C=O) groups excluding carboxylic acids is 1. The van der Waals surface area contributed by atoms with Gasteiger partial charge in [-0.1, -0.05) is 19.6 Å². The first-order valence-corrected chi connectivity index (χ1v) is 7.93. The van der Waals surface area contributed by atoms with Gasteiger partial charge < -0.3 is 4.79 Å². The lowest BCUT2D eigenvalue weighted by atomic mass is 10.2. The third-order valence-electron chi connectivity index (χ3n) is 1.92. The van der Waals surface area contributed by atoms with Crippen LogP contribution in [0, 0.1) is 4.91 Å². The van der Waals surface area contributed by atoms with Crippen LogP contribution in [0.5, 0.6) is 0 Å². The van der Waals surface area contributed by atoms with Crippen molar-refractivity contribution in [3.05, 3.63) is 34.7 Å². The van der Waals surface area contributed by atoms with Crippen molar-refractivity contribution in [2.75, 3.05) is 0 Å². The van der Waals surface area contributed by atoms with E-state index in [1.54, 1.807) is 24.3 Å². The maximum atomic E-state index is 11.8. The summed E-state index contributed by atoms with van der Waals surface area (Å²) in [6, 6.07) is 6.47. The van der Waals surface area contributed by atoms with Crippen molar-refractivity contribution >= 4 is 19.2 Å². The van der Waals surface area contributed by atoms with Gasteiger partial charge in [0.25, 0.3) is 0 Å². The summed E-state index contributed by atoms with van der Waals surface area (Å²) < 4.78 is 0. The highest BCUT2D eigenvalue weighted by Crippen LogP contribution is 2.16. The highest BCUT2D eigenvalue weighted by molar-refractivity contribution is 7.05. The summed E-state index contributed by atoms with van der Waals surface area (Å²) in [5.41, 5.74) is 1.04. The van der Waals surface area contributed by atoms with Crippen LogP contribution in [0.2, 0.25) is 19.6 Å². The molecular formula is C10H13NO2Si. The van der Waals surface area contributed by atoms with E-state index in [2.05, 4.69) is 5.18 Å². The van der Waals surface area contributed by atoms with Crippen LogP contribution < -0.4 is 0 Å². The Morgan fingerprint density at radius 1 is 1.14 bits per heavy atom. The predicted molar refractivity (Wildman–Crippen MR) is 59.6 cm³/mol. The Balaban J connectivity index is 2.98. The Morgan fingerprint density at radius 2 is 1.64 bits per heavy atom. The number of carbonyl (C=O) groups is 1. The zero-order valence-electron chi connectivity index (χ0n) is 8.57. The maximum Gasteiger partial charge on any atom is 0.139 e. The third-order valence-corrected chi connectivity index (χ3v) is 3.57. The number of nitroso groups, excluding NO2 is 1. The van der Waals surface area contributed by atoms with Crippen molar-refractivity contribution in [2.24, 2.45) is 5.18 Å². The molecule has 1 aromatic carbocycles. The number of nitrogens with zero attached hydrogens (tertiary/aromatic N) is 1. The number of benzene rings is 1. The smallest absolute Gasteiger partial charge is 0.139 e. The van der Waals surface area contributed by atoms with Crippen LogP contribution in [-0.2, 0) is 0 Å². The number of rotatable bonds is 3. The van der Waals surface area contributed by atoms with Crippen molar-refractivity contribution in [1.29, 1.82) is 0 Å². The molecule has 4 heteroatoms. The molecule has 0 saturated carbocycles. The Kier molecular flexibility index (Phi) is 2.95. The van der Waals surface area contributed by atoms with Gasteiger partial charge in [-0.05, 0) is 29.4 Å².